The lowest BCUT2D eigenvalue weighted by Crippen LogP contribution is -2.22. The zero-order chi connectivity index (χ0) is 14.7. The highest BCUT2D eigenvalue weighted by atomic mass is 35.5. The summed E-state index contributed by atoms with van der Waals surface area (Å²) in [6.45, 7) is 6.92. The number of hydrogen-bond acceptors (Lipinski definition) is 2. The van der Waals surface area contributed by atoms with E-state index < -0.39 is 0 Å². The van der Waals surface area contributed by atoms with Crippen LogP contribution in [0.3, 0.4) is 0 Å². The molecule has 0 aliphatic heterocycles. The zero-order valence-electron chi connectivity index (χ0n) is 12.0. The number of hydrogen-bond donors (Lipinski definition) is 1. The van der Waals surface area contributed by atoms with Gasteiger partial charge in [-0.25, -0.2) is 4.39 Å². The summed E-state index contributed by atoms with van der Waals surface area (Å²) in [5.74, 6) is -0.184. The molecule has 108 valence electrons. The summed E-state index contributed by atoms with van der Waals surface area (Å²) < 4.78 is 13.2. The molecule has 2 aromatic rings. The van der Waals surface area contributed by atoms with Gasteiger partial charge in [0.2, 0.25) is 0 Å². The van der Waals surface area contributed by atoms with Crippen molar-refractivity contribution >= 4 is 22.9 Å². The molecule has 0 spiro atoms. The third-order valence-electron chi connectivity index (χ3n) is 3.42. The van der Waals surface area contributed by atoms with Crippen molar-refractivity contribution in [2.45, 2.75) is 33.2 Å². The summed E-state index contributed by atoms with van der Waals surface area (Å²) in [4.78, 5) is 1.16. The van der Waals surface area contributed by atoms with Crippen LogP contribution in [0.4, 0.5) is 4.39 Å². The number of rotatable bonds is 5. The van der Waals surface area contributed by atoms with Gasteiger partial charge in [-0.15, -0.1) is 11.3 Å². The molecule has 0 aliphatic carbocycles. The largest absolute Gasteiger partial charge is 0.309 e. The lowest BCUT2D eigenvalue weighted by atomic mass is 9.99. The van der Waals surface area contributed by atoms with Crippen LogP contribution in [0.15, 0.2) is 23.6 Å². The topological polar surface area (TPSA) is 12.0 Å². The summed E-state index contributed by atoms with van der Waals surface area (Å²) >= 11 is 8.06. The fourth-order valence-electron chi connectivity index (χ4n) is 2.30. The average molecular weight is 312 g/mol. The van der Waals surface area contributed by atoms with Gasteiger partial charge in [0, 0.05) is 10.9 Å². The minimum Gasteiger partial charge on any atom is -0.309 e. The molecular formula is C16H19ClFNS. The van der Waals surface area contributed by atoms with Gasteiger partial charge >= 0.3 is 0 Å². The third-order valence-corrected chi connectivity index (χ3v) is 5.25. The highest BCUT2D eigenvalue weighted by molar-refractivity contribution is 7.10. The van der Waals surface area contributed by atoms with Gasteiger partial charge in [-0.1, -0.05) is 24.6 Å². The van der Waals surface area contributed by atoms with Gasteiger partial charge in [0.25, 0.3) is 0 Å². The van der Waals surface area contributed by atoms with Gasteiger partial charge in [0.15, 0.2) is 0 Å². The SMILES string of the molecule is CCNC(Cc1ccc(F)cc1C)c1scc(C)c1Cl. The number of aryl methyl sites for hydroxylation is 2. The van der Waals surface area contributed by atoms with E-state index in [-0.39, 0.29) is 11.9 Å². The Balaban J connectivity index is 2.28. The predicted molar refractivity (Wildman–Crippen MR) is 85.3 cm³/mol. The Morgan fingerprint density at radius 1 is 1.30 bits per heavy atom. The molecule has 1 nitrogen and oxygen atoms in total. The van der Waals surface area contributed by atoms with E-state index in [0.717, 1.165) is 39.6 Å². The van der Waals surface area contributed by atoms with Crippen LogP contribution < -0.4 is 5.32 Å². The Kier molecular flexibility index (Phi) is 5.19. The molecule has 0 amide bonds. The van der Waals surface area contributed by atoms with Gasteiger partial charge in [-0.05, 0) is 61.0 Å². The maximum absolute atomic E-state index is 13.2. The molecule has 1 unspecified atom stereocenters. The number of nitrogens with one attached hydrogen (secondary N) is 1. The van der Waals surface area contributed by atoms with Gasteiger partial charge < -0.3 is 5.32 Å². The van der Waals surface area contributed by atoms with Gasteiger partial charge in [0.05, 0.1) is 5.02 Å². The minimum atomic E-state index is -0.184. The molecule has 1 N–H and O–H groups in total. The second kappa shape index (κ2) is 6.70. The molecule has 0 saturated heterocycles. The summed E-state index contributed by atoms with van der Waals surface area (Å²) in [6.07, 6.45) is 0.819. The van der Waals surface area contributed by atoms with E-state index in [1.165, 1.54) is 6.07 Å². The van der Waals surface area contributed by atoms with Crippen LogP contribution in [0.2, 0.25) is 5.02 Å². The first-order chi connectivity index (χ1) is 9.52. The van der Waals surface area contributed by atoms with Gasteiger partial charge in [-0.2, -0.15) is 0 Å². The van der Waals surface area contributed by atoms with Gasteiger partial charge in [0.1, 0.15) is 5.82 Å². The Bertz CT molecular complexity index is 594. The maximum atomic E-state index is 13.2. The number of benzene rings is 1. The van der Waals surface area contributed by atoms with Crippen LogP contribution in [0, 0.1) is 19.7 Å². The Morgan fingerprint density at radius 2 is 2.05 bits per heavy atom. The molecule has 0 radical (unpaired) electrons. The van der Waals surface area contributed by atoms with Crippen molar-refractivity contribution in [2.75, 3.05) is 6.54 Å². The van der Waals surface area contributed by atoms with Crippen LogP contribution in [-0.4, -0.2) is 6.54 Å². The first-order valence-electron chi connectivity index (χ1n) is 6.74. The van der Waals surface area contributed by atoms with Crippen molar-refractivity contribution in [3.05, 3.63) is 56.0 Å². The van der Waals surface area contributed by atoms with Gasteiger partial charge in [-0.3, -0.25) is 0 Å². The van der Waals surface area contributed by atoms with E-state index in [2.05, 4.69) is 17.6 Å². The predicted octanol–water partition coefficient (Wildman–Crippen LogP) is 5.05. The molecule has 0 aliphatic rings. The van der Waals surface area contributed by atoms with Crippen molar-refractivity contribution in [3.63, 3.8) is 0 Å². The van der Waals surface area contributed by atoms with E-state index in [1.54, 1.807) is 17.4 Å². The van der Waals surface area contributed by atoms with E-state index in [1.807, 2.05) is 19.9 Å². The highest BCUT2D eigenvalue weighted by Crippen LogP contribution is 2.34. The Morgan fingerprint density at radius 3 is 2.60 bits per heavy atom. The molecule has 4 heteroatoms. The van der Waals surface area contributed by atoms with Crippen molar-refractivity contribution in [1.29, 1.82) is 0 Å². The summed E-state index contributed by atoms with van der Waals surface area (Å²) in [7, 11) is 0. The van der Waals surface area contributed by atoms with Crippen molar-refractivity contribution < 1.29 is 4.39 Å². The quantitative estimate of drug-likeness (QED) is 0.814. The van der Waals surface area contributed by atoms with E-state index in [0.29, 0.717) is 0 Å². The second-order valence-corrected chi connectivity index (χ2v) is 6.27. The smallest absolute Gasteiger partial charge is 0.123 e. The van der Waals surface area contributed by atoms with Crippen molar-refractivity contribution in [1.82, 2.24) is 5.32 Å². The molecule has 1 aromatic carbocycles. The Labute approximate surface area is 128 Å². The fraction of sp³-hybridized carbons (Fsp3) is 0.375. The number of halogens is 2. The van der Waals surface area contributed by atoms with Crippen LogP contribution in [0.25, 0.3) is 0 Å². The van der Waals surface area contributed by atoms with E-state index in [9.17, 15) is 4.39 Å². The maximum Gasteiger partial charge on any atom is 0.123 e. The van der Waals surface area contributed by atoms with Crippen LogP contribution >= 0.6 is 22.9 Å². The standard InChI is InChI=1S/C16H19ClFNS/c1-4-19-14(16-15(17)11(3)9-20-16)8-12-5-6-13(18)7-10(12)2/h5-7,9,14,19H,4,8H2,1-3H3. The first-order valence-corrected chi connectivity index (χ1v) is 8.00. The number of likely N-dealkylation sites (N-methyl/N-ethyl adjacent to an activating group) is 1. The van der Waals surface area contributed by atoms with E-state index >= 15 is 0 Å². The molecule has 2 rings (SSSR count). The van der Waals surface area contributed by atoms with Crippen molar-refractivity contribution in [2.24, 2.45) is 0 Å². The highest BCUT2D eigenvalue weighted by Gasteiger charge is 2.18. The molecule has 1 heterocycles. The molecule has 1 atom stereocenters. The minimum absolute atomic E-state index is 0.176. The molecule has 1 aromatic heterocycles. The van der Waals surface area contributed by atoms with Crippen LogP contribution in [0.5, 0.6) is 0 Å². The first kappa shape index (κ1) is 15.5. The summed E-state index contributed by atoms with van der Waals surface area (Å²) in [5, 5.41) is 6.41. The van der Waals surface area contributed by atoms with Crippen LogP contribution in [0.1, 0.15) is 34.5 Å². The Hall–Kier alpha value is -0.900. The van der Waals surface area contributed by atoms with E-state index in [4.69, 9.17) is 11.6 Å². The zero-order valence-corrected chi connectivity index (χ0v) is 13.5. The molecule has 0 fully saturated rings. The molecule has 0 bridgehead atoms. The normalized spacial score (nSPS) is 12.7. The molecular weight excluding hydrogens is 293 g/mol. The fourth-order valence-corrected chi connectivity index (χ4v) is 3.70. The number of thiophene rings is 1. The lowest BCUT2D eigenvalue weighted by molar-refractivity contribution is 0.555. The third kappa shape index (κ3) is 3.40. The van der Waals surface area contributed by atoms with Crippen LogP contribution in [-0.2, 0) is 6.42 Å². The summed E-state index contributed by atoms with van der Waals surface area (Å²) in [5.41, 5.74) is 3.25. The monoisotopic (exact) mass is 311 g/mol. The molecule has 20 heavy (non-hydrogen) atoms. The molecule has 0 saturated carbocycles. The average Bonchev–Trinajstić information content (AvgIpc) is 2.73. The summed E-state index contributed by atoms with van der Waals surface area (Å²) in [6, 6.07) is 5.14. The second-order valence-electron chi connectivity index (χ2n) is 4.98. The van der Waals surface area contributed by atoms with Crippen molar-refractivity contribution in [3.8, 4) is 0 Å². The lowest BCUT2D eigenvalue weighted by Gasteiger charge is -2.18.